The van der Waals surface area contributed by atoms with E-state index < -0.39 is 0 Å². The Kier molecular flexibility index (Phi) is 2.57. The second-order valence-electron chi connectivity index (χ2n) is 7.28. The van der Waals surface area contributed by atoms with E-state index >= 15 is 0 Å². The molecule has 1 spiro atoms. The van der Waals surface area contributed by atoms with Gasteiger partial charge in [0.25, 0.3) is 0 Å². The van der Waals surface area contributed by atoms with E-state index in [0.29, 0.717) is 23.6 Å². The zero-order valence-electron chi connectivity index (χ0n) is 12.7. The predicted molar refractivity (Wildman–Crippen MR) is 84.8 cm³/mol. The topological polar surface area (TPSA) is 49.0 Å². The number of ketones is 1. The monoisotopic (exact) mass is 295 g/mol. The van der Waals surface area contributed by atoms with E-state index in [1.165, 1.54) is 38.8 Å². The molecule has 4 fully saturated rings. The number of hydrogen-bond acceptors (Lipinski definition) is 3. The first-order valence-electron chi connectivity index (χ1n) is 8.49. The van der Waals surface area contributed by atoms with E-state index in [1.54, 1.807) is 0 Å². The number of aromatic nitrogens is 2. The number of Topliss-reactive ketones (excluding diaryl/α,β-unsaturated/α-hetero) is 1. The van der Waals surface area contributed by atoms with Crippen LogP contribution in [0.1, 0.15) is 42.6 Å². The molecule has 1 N–H and O–H groups in total. The van der Waals surface area contributed by atoms with E-state index in [0.717, 1.165) is 16.8 Å². The number of para-hydroxylation sites is 1. The van der Waals surface area contributed by atoms with Gasteiger partial charge in [0.2, 0.25) is 0 Å². The number of H-pyrrole nitrogens is 1. The molecule has 1 aromatic carbocycles. The summed E-state index contributed by atoms with van der Waals surface area (Å²) in [5, 5.41) is 8.27. The van der Waals surface area contributed by atoms with Crippen LogP contribution in [0.3, 0.4) is 0 Å². The number of rotatable bonds is 3. The third kappa shape index (κ3) is 1.67. The van der Waals surface area contributed by atoms with E-state index in [1.807, 2.05) is 24.3 Å². The van der Waals surface area contributed by atoms with Crippen molar-refractivity contribution in [2.75, 3.05) is 13.1 Å². The molecular weight excluding hydrogens is 274 g/mol. The van der Waals surface area contributed by atoms with Crippen molar-refractivity contribution in [3.63, 3.8) is 0 Å². The van der Waals surface area contributed by atoms with Crippen LogP contribution in [0.2, 0.25) is 0 Å². The van der Waals surface area contributed by atoms with Crippen molar-refractivity contribution in [1.29, 1.82) is 0 Å². The number of nitrogens with zero attached hydrogens (tertiary/aromatic N) is 2. The van der Waals surface area contributed by atoms with Gasteiger partial charge >= 0.3 is 0 Å². The molecule has 1 aromatic heterocycles. The van der Waals surface area contributed by atoms with E-state index in [2.05, 4.69) is 15.1 Å². The normalized spacial score (nSPS) is 31.7. The fourth-order valence-corrected chi connectivity index (χ4v) is 5.06. The minimum absolute atomic E-state index is 0.225. The number of benzene rings is 1. The maximum Gasteiger partial charge on any atom is 0.184 e. The quantitative estimate of drug-likeness (QED) is 0.886. The van der Waals surface area contributed by atoms with E-state index in [9.17, 15) is 4.79 Å². The summed E-state index contributed by atoms with van der Waals surface area (Å²) in [7, 11) is 0. The van der Waals surface area contributed by atoms with Gasteiger partial charge in [0.05, 0.1) is 5.52 Å². The van der Waals surface area contributed by atoms with Crippen LogP contribution in [0, 0.1) is 11.8 Å². The van der Waals surface area contributed by atoms with Gasteiger partial charge in [0, 0.05) is 17.3 Å². The summed E-state index contributed by atoms with van der Waals surface area (Å²) >= 11 is 0. The van der Waals surface area contributed by atoms with Crippen molar-refractivity contribution >= 4 is 16.7 Å². The lowest BCUT2D eigenvalue weighted by molar-refractivity contribution is -0.0274. The molecule has 114 valence electrons. The number of hydrogen-bond donors (Lipinski definition) is 1. The number of carbonyl (C=O) groups is 1. The Hall–Kier alpha value is -1.68. The Morgan fingerprint density at radius 3 is 2.82 bits per heavy atom. The maximum absolute atomic E-state index is 12.9. The van der Waals surface area contributed by atoms with Crippen LogP contribution < -0.4 is 0 Å². The lowest BCUT2D eigenvalue weighted by atomic mass is 9.69. The molecule has 3 saturated heterocycles. The molecule has 4 nitrogen and oxygen atoms in total. The first-order valence-corrected chi connectivity index (χ1v) is 8.49. The largest absolute Gasteiger partial charge is 0.297 e. The zero-order chi connectivity index (χ0) is 14.7. The van der Waals surface area contributed by atoms with Gasteiger partial charge < -0.3 is 0 Å². The van der Waals surface area contributed by atoms with Gasteiger partial charge in [-0.05, 0) is 56.7 Å². The molecular formula is C18H21N3O. The molecule has 3 aliphatic heterocycles. The molecule has 2 bridgehead atoms. The Bertz CT molecular complexity index is 738. The van der Waals surface area contributed by atoms with Gasteiger partial charge in [-0.1, -0.05) is 18.2 Å². The van der Waals surface area contributed by atoms with Crippen molar-refractivity contribution in [1.82, 2.24) is 15.1 Å². The van der Waals surface area contributed by atoms with Crippen LogP contribution >= 0.6 is 0 Å². The molecule has 4 heteroatoms. The average molecular weight is 295 g/mol. The molecule has 0 unspecified atom stereocenters. The minimum atomic E-state index is 0.225. The highest BCUT2D eigenvalue weighted by atomic mass is 16.1. The molecule has 1 saturated carbocycles. The van der Waals surface area contributed by atoms with Gasteiger partial charge in [-0.3, -0.25) is 14.8 Å². The SMILES string of the molecule is O=C(C[C@@H]1C2CCN(CC2)C12CC2)c1n[nH]c2ccccc12. The lowest BCUT2D eigenvalue weighted by Crippen LogP contribution is -2.57. The van der Waals surface area contributed by atoms with Crippen LogP contribution in [0.4, 0.5) is 0 Å². The smallest absolute Gasteiger partial charge is 0.184 e. The lowest BCUT2D eigenvalue weighted by Gasteiger charge is -2.52. The van der Waals surface area contributed by atoms with Crippen LogP contribution in [0.25, 0.3) is 10.9 Å². The minimum Gasteiger partial charge on any atom is -0.297 e. The molecule has 1 atom stereocenters. The van der Waals surface area contributed by atoms with Gasteiger partial charge in [0.1, 0.15) is 5.69 Å². The summed E-state index contributed by atoms with van der Waals surface area (Å²) < 4.78 is 0. The summed E-state index contributed by atoms with van der Waals surface area (Å²) in [5.74, 6) is 1.53. The second-order valence-corrected chi connectivity index (χ2v) is 7.28. The summed E-state index contributed by atoms with van der Waals surface area (Å²) in [4.78, 5) is 15.6. The highest BCUT2D eigenvalue weighted by Crippen LogP contribution is 2.58. The van der Waals surface area contributed by atoms with Gasteiger partial charge in [0.15, 0.2) is 5.78 Å². The number of piperidine rings is 3. The summed E-state index contributed by atoms with van der Waals surface area (Å²) in [6, 6.07) is 7.93. The number of carbonyl (C=O) groups excluding carboxylic acids is 1. The third-order valence-electron chi connectivity index (χ3n) is 6.33. The van der Waals surface area contributed by atoms with Crippen molar-refractivity contribution in [3.05, 3.63) is 30.0 Å². The molecule has 2 aromatic rings. The standard InChI is InChI=1S/C18H21N3O/c22-16(17-13-3-1-2-4-15(13)19-20-17)11-14-12-5-9-21(10-6-12)18(14)7-8-18/h1-4,12,14H,5-11H2,(H,19,20)/t14-/m1/s1. The van der Waals surface area contributed by atoms with Crippen molar-refractivity contribution in [2.45, 2.75) is 37.6 Å². The Morgan fingerprint density at radius 2 is 2.05 bits per heavy atom. The van der Waals surface area contributed by atoms with Gasteiger partial charge in [-0.15, -0.1) is 0 Å². The van der Waals surface area contributed by atoms with E-state index in [-0.39, 0.29) is 5.78 Å². The number of fused-ring (bicyclic) bond motifs is 3. The fourth-order valence-electron chi connectivity index (χ4n) is 5.06. The molecule has 1 aliphatic carbocycles. The fraction of sp³-hybridized carbons (Fsp3) is 0.556. The molecule has 0 radical (unpaired) electrons. The van der Waals surface area contributed by atoms with Crippen LogP contribution in [-0.4, -0.2) is 39.5 Å². The third-order valence-corrected chi connectivity index (χ3v) is 6.33. The first-order chi connectivity index (χ1) is 10.8. The first kappa shape index (κ1) is 12.8. The molecule has 6 rings (SSSR count). The van der Waals surface area contributed by atoms with Crippen molar-refractivity contribution < 1.29 is 4.79 Å². The maximum atomic E-state index is 12.9. The molecule has 22 heavy (non-hydrogen) atoms. The molecule has 4 aliphatic rings. The summed E-state index contributed by atoms with van der Waals surface area (Å²) in [6.07, 6.45) is 5.82. The number of nitrogens with one attached hydrogen (secondary N) is 1. The van der Waals surface area contributed by atoms with Gasteiger partial charge in [-0.25, -0.2) is 0 Å². The predicted octanol–water partition coefficient (Wildman–Crippen LogP) is 3.01. The average Bonchev–Trinajstić information content (AvgIpc) is 3.21. The molecule has 4 heterocycles. The Balaban J connectivity index is 1.45. The highest BCUT2D eigenvalue weighted by Gasteiger charge is 2.60. The Morgan fingerprint density at radius 1 is 1.27 bits per heavy atom. The summed E-state index contributed by atoms with van der Waals surface area (Å²) in [5.41, 5.74) is 1.98. The molecule has 0 amide bonds. The van der Waals surface area contributed by atoms with Crippen LogP contribution in [0.15, 0.2) is 24.3 Å². The number of aromatic amines is 1. The van der Waals surface area contributed by atoms with Gasteiger partial charge in [-0.2, -0.15) is 5.10 Å². The van der Waals surface area contributed by atoms with Crippen molar-refractivity contribution in [2.24, 2.45) is 11.8 Å². The Labute approximate surface area is 129 Å². The van der Waals surface area contributed by atoms with Crippen LogP contribution in [-0.2, 0) is 0 Å². The zero-order valence-corrected chi connectivity index (χ0v) is 12.7. The van der Waals surface area contributed by atoms with Crippen LogP contribution in [0.5, 0.6) is 0 Å². The highest BCUT2D eigenvalue weighted by molar-refractivity contribution is 6.05. The van der Waals surface area contributed by atoms with E-state index in [4.69, 9.17) is 0 Å². The van der Waals surface area contributed by atoms with Crippen molar-refractivity contribution in [3.8, 4) is 0 Å². The second kappa shape index (κ2) is 4.42. The summed E-state index contributed by atoms with van der Waals surface area (Å²) in [6.45, 7) is 2.50.